The lowest BCUT2D eigenvalue weighted by Gasteiger charge is -2.40. The van der Waals surface area contributed by atoms with Crippen molar-refractivity contribution < 1.29 is 9.13 Å². The molecule has 19 heavy (non-hydrogen) atoms. The van der Waals surface area contributed by atoms with E-state index in [0.29, 0.717) is 12.3 Å². The van der Waals surface area contributed by atoms with Gasteiger partial charge in [0.15, 0.2) is 0 Å². The molecule has 2 N–H and O–H groups in total. The molecular formula is C15H23FN2O. The summed E-state index contributed by atoms with van der Waals surface area (Å²) in [5, 5.41) is 0. The molecular weight excluding hydrogens is 243 g/mol. The number of hydrogen-bond donors (Lipinski definition) is 1. The minimum atomic E-state index is -0.192. The van der Waals surface area contributed by atoms with Crippen LogP contribution in [-0.2, 0) is 4.74 Å². The topological polar surface area (TPSA) is 38.5 Å². The van der Waals surface area contributed by atoms with Gasteiger partial charge in [-0.3, -0.25) is 0 Å². The average Bonchev–Trinajstić information content (AvgIpc) is 2.38. The molecule has 3 atom stereocenters. The fourth-order valence-corrected chi connectivity index (χ4v) is 2.52. The second-order valence-electron chi connectivity index (χ2n) is 5.36. The van der Waals surface area contributed by atoms with Crippen LogP contribution in [0.1, 0.15) is 38.8 Å². The summed E-state index contributed by atoms with van der Waals surface area (Å²) in [7, 11) is 0. The first-order chi connectivity index (χ1) is 9.02. The summed E-state index contributed by atoms with van der Waals surface area (Å²) in [6, 6.07) is 5.40. The number of anilines is 1. The zero-order valence-electron chi connectivity index (χ0n) is 11.9. The van der Waals surface area contributed by atoms with E-state index in [0.717, 1.165) is 18.5 Å². The van der Waals surface area contributed by atoms with E-state index in [1.807, 2.05) is 26.0 Å². The van der Waals surface area contributed by atoms with Gasteiger partial charge in [-0.2, -0.15) is 0 Å². The summed E-state index contributed by atoms with van der Waals surface area (Å²) in [6.45, 7) is 7.37. The van der Waals surface area contributed by atoms with Gasteiger partial charge in [0.05, 0.1) is 24.4 Å². The molecule has 3 unspecified atom stereocenters. The molecule has 1 aliphatic heterocycles. The summed E-state index contributed by atoms with van der Waals surface area (Å²) >= 11 is 0. The predicted octanol–water partition coefficient (Wildman–Crippen LogP) is 2.85. The zero-order chi connectivity index (χ0) is 14.0. The van der Waals surface area contributed by atoms with Crippen LogP contribution in [0.3, 0.4) is 0 Å². The third-order valence-electron chi connectivity index (χ3n) is 3.75. The molecule has 2 rings (SSSR count). The quantitative estimate of drug-likeness (QED) is 0.914. The Morgan fingerprint density at radius 2 is 2.26 bits per heavy atom. The van der Waals surface area contributed by atoms with Crippen LogP contribution < -0.4 is 10.6 Å². The summed E-state index contributed by atoms with van der Waals surface area (Å²) in [4.78, 5) is 2.12. The maximum absolute atomic E-state index is 14.3. The van der Waals surface area contributed by atoms with E-state index < -0.39 is 0 Å². The third-order valence-corrected chi connectivity index (χ3v) is 3.75. The highest BCUT2D eigenvalue weighted by molar-refractivity contribution is 5.51. The molecule has 106 valence electrons. The molecule has 0 amide bonds. The number of nitrogens with two attached hydrogens (primary N) is 1. The number of hydrogen-bond acceptors (Lipinski definition) is 3. The Morgan fingerprint density at radius 1 is 1.53 bits per heavy atom. The summed E-state index contributed by atoms with van der Waals surface area (Å²) in [6.07, 6.45) is 1.08. The monoisotopic (exact) mass is 266 g/mol. The first kappa shape index (κ1) is 14.3. The largest absolute Gasteiger partial charge is 0.375 e. The smallest absolute Gasteiger partial charge is 0.146 e. The first-order valence-electron chi connectivity index (χ1n) is 6.96. The average molecular weight is 266 g/mol. The van der Waals surface area contributed by atoms with Gasteiger partial charge in [0.2, 0.25) is 0 Å². The molecule has 1 heterocycles. The van der Waals surface area contributed by atoms with Crippen LogP contribution in [0.15, 0.2) is 18.2 Å². The van der Waals surface area contributed by atoms with E-state index in [2.05, 4.69) is 11.8 Å². The lowest BCUT2D eigenvalue weighted by Crippen LogP contribution is -2.49. The molecule has 1 fully saturated rings. The van der Waals surface area contributed by atoms with Gasteiger partial charge in [0.1, 0.15) is 5.82 Å². The lowest BCUT2D eigenvalue weighted by atomic mass is 10.1. The van der Waals surface area contributed by atoms with Crippen LogP contribution in [0.5, 0.6) is 0 Å². The van der Waals surface area contributed by atoms with Gasteiger partial charge in [-0.15, -0.1) is 0 Å². The van der Waals surface area contributed by atoms with Crippen molar-refractivity contribution in [2.75, 3.05) is 18.1 Å². The number of rotatable bonds is 3. The Balaban J connectivity index is 2.28. The second-order valence-corrected chi connectivity index (χ2v) is 5.36. The fourth-order valence-electron chi connectivity index (χ4n) is 2.52. The van der Waals surface area contributed by atoms with Gasteiger partial charge in [-0.1, -0.05) is 13.0 Å². The van der Waals surface area contributed by atoms with E-state index >= 15 is 0 Å². The SMILES string of the molecule is CCC1COC(C)CN1c1ccc(C(C)N)cc1F. The number of benzene rings is 1. The number of morpholine rings is 1. The van der Waals surface area contributed by atoms with Gasteiger partial charge < -0.3 is 15.4 Å². The maximum atomic E-state index is 14.3. The third kappa shape index (κ3) is 3.07. The molecule has 1 saturated heterocycles. The van der Waals surface area contributed by atoms with Crippen LogP contribution in [0.4, 0.5) is 10.1 Å². The normalized spacial score (nSPS) is 25.4. The van der Waals surface area contributed by atoms with Crippen LogP contribution in [0, 0.1) is 5.82 Å². The van der Waals surface area contributed by atoms with E-state index in [1.54, 1.807) is 6.07 Å². The van der Waals surface area contributed by atoms with Crippen molar-refractivity contribution in [3.8, 4) is 0 Å². The van der Waals surface area contributed by atoms with Gasteiger partial charge in [0.25, 0.3) is 0 Å². The Kier molecular flexibility index (Phi) is 4.42. The summed E-state index contributed by atoms with van der Waals surface area (Å²) in [5.41, 5.74) is 7.27. The van der Waals surface area contributed by atoms with Crippen molar-refractivity contribution >= 4 is 5.69 Å². The summed E-state index contributed by atoms with van der Waals surface area (Å²) < 4.78 is 19.9. The van der Waals surface area contributed by atoms with Crippen molar-refractivity contribution in [2.24, 2.45) is 5.73 Å². The molecule has 0 bridgehead atoms. The van der Waals surface area contributed by atoms with Crippen molar-refractivity contribution in [1.82, 2.24) is 0 Å². The number of nitrogens with zero attached hydrogens (tertiary/aromatic N) is 1. The van der Waals surface area contributed by atoms with Crippen LogP contribution >= 0.6 is 0 Å². The van der Waals surface area contributed by atoms with Crippen LogP contribution in [0.2, 0.25) is 0 Å². The lowest BCUT2D eigenvalue weighted by molar-refractivity contribution is 0.0297. The Hall–Kier alpha value is -1.13. The van der Waals surface area contributed by atoms with E-state index in [-0.39, 0.29) is 24.0 Å². The van der Waals surface area contributed by atoms with Gasteiger partial charge in [-0.25, -0.2) is 4.39 Å². The minimum Gasteiger partial charge on any atom is -0.375 e. The number of halogens is 1. The van der Waals surface area contributed by atoms with Gasteiger partial charge in [-0.05, 0) is 38.0 Å². The molecule has 0 radical (unpaired) electrons. The van der Waals surface area contributed by atoms with E-state index in [1.165, 1.54) is 0 Å². The molecule has 1 aromatic carbocycles. The number of ether oxygens (including phenoxy) is 1. The van der Waals surface area contributed by atoms with E-state index in [9.17, 15) is 4.39 Å². The standard InChI is InChI=1S/C15H23FN2O/c1-4-13-9-19-10(2)8-18(13)15-6-5-12(11(3)17)7-14(15)16/h5-7,10-11,13H,4,8-9,17H2,1-3H3. The van der Waals surface area contributed by atoms with Gasteiger partial charge in [0, 0.05) is 12.6 Å². The fraction of sp³-hybridized carbons (Fsp3) is 0.600. The minimum absolute atomic E-state index is 0.135. The van der Waals surface area contributed by atoms with Gasteiger partial charge >= 0.3 is 0 Å². The van der Waals surface area contributed by atoms with Crippen LogP contribution in [0.25, 0.3) is 0 Å². The maximum Gasteiger partial charge on any atom is 0.146 e. The Bertz CT molecular complexity index is 436. The Labute approximate surface area is 114 Å². The zero-order valence-corrected chi connectivity index (χ0v) is 11.9. The Morgan fingerprint density at radius 3 is 2.84 bits per heavy atom. The highest BCUT2D eigenvalue weighted by atomic mass is 19.1. The molecule has 4 heteroatoms. The molecule has 3 nitrogen and oxygen atoms in total. The highest BCUT2D eigenvalue weighted by Gasteiger charge is 2.27. The van der Waals surface area contributed by atoms with Crippen LogP contribution in [-0.4, -0.2) is 25.3 Å². The van der Waals surface area contributed by atoms with E-state index in [4.69, 9.17) is 10.5 Å². The molecule has 1 aromatic rings. The molecule has 0 aromatic heterocycles. The van der Waals surface area contributed by atoms with Crippen molar-refractivity contribution in [2.45, 2.75) is 45.4 Å². The van der Waals surface area contributed by atoms with Crippen molar-refractivity contribution in [3.63, 3.8) is 0 Å². The molecule has 0 saturated carbocycles. The van der Waals surface area contributed by atoms with Crippen molar-refractivity contribution in [1.29, 1.82) is 0 Å². The second kappa shape index (κ2) is 5.88. The highest BCUT2D eigenvalue weighted by Crippen LogP contribution is 2.28. The molecule has 0 aliphatic carbocycles. The molecule has 0 spiro atoms. The predicted molar refractivity (Wildman–Crippen MR) is 75.8 cm³/mol. The molecule has 1 aliphatic rings. The van der Waals surface area contributed by atoms with Crippen molar-refractivity contribution in [3.05, 3.63) is 29.6 Å². The summed E-state index contributed by atoms with van der Waals surface area (Å²) in [5.74, 6) is -0.192. The first-order valence-corrected chi connectivity index (χ1v) is 6.96.